The topological polar surface area (TPSA) is 98.7 Å². The predicted octanol–water partition coefficient (Wildman–Crippen LogP) is 0.732. The first-order chi connectivity index (χ1) is 9.42. The van der Waals surface area contributed by atoms with E-state index < -0.39 is 5.54 Å². The average Bonchev–Trinajstić information content (AvgIpc) is 3.08. The van der Waals surface area contributed by atoms with E-state index in [0.29, 0.717) is 12.5 Å². The van der Waals surface area contributed by atoms with Gasteiger partial charge >= 0.3 is 0 Å². The number of primary amides is 1. The quantitative estimate of drug-likeness (QED) is 0.687. The maximum atomic E-state index is 11.6. The van der Waals surface area contributed by atoms with Gasteiger partial charge in [-0.25, -0.2) is 4.68 Å². The second-order valence-electron chi connectivity index (χ2n) is 5.73. The van der Waals surface area contributed by atoms with Crippen molar-refractivity contribution in [1.29, 1.82) is 0 Å². The number of carbonyl (C=O) groups is 1. The van der Waals surface area contributed by atoms with E-state index in [1.165, 1.54) is 0 Å². The van der Waals surface area contributed by atoms with Gasteiger partial charge in [0.2, 0.25) is 11.1 Å². The van der Waals surface area contributed by atoms with Crippen LogP contribution in [0.5, 0.6) is 0 Å². The molecule has 0 aromatic carbocycles. The summed E-state index contributed by atoms with van der Waals surface area (Å²) in [6.07, 6.45) is 2.93. The zero-order chi connectivity index (χ0) is 14.8. The van der Waals surface area contributed by atoms with Crippen LogP contribution in [0, 0.1) is 0 Å². The number of hydrogen-bond acceptors (Lipinski definition) is 6. The van der Waals surface area contributed by atoms with Crippen molar-refractivity contribution in [3.63, 3.8) is 0 Å². The van der Waals surface area contributed by atoms with Crippen molar-refractivity contribution in [2.24, 2.45) is 5.73 Å². The largest absolute Gasteiger partial charge is 0.368 e. The average molecular weight is 298 g/mol. The number of nitrogens with two attached hydrogens (primary N) is 1. The van der Waals surface area contributed by atoms with Crippen molar-refractivity contribution < 1.29 is 4.79 Å². The van der Waals surface area contributed by atoms with Crippen LogP contribution in [0.15, 0.2) is 5.16 Å². The normalized spacial score (nSPS) is 18.2. The molecule has 1 aromatic rings. The fourth-order valence-corrected chi connectivity index (χ4v) is 3.18. The van der Waals surface area contributed by atoms with Gasteiger partial charge < -0.3 is 11.1 Å². The molecule has 1 aromatic heterocycles. The Kier molecular flexibility index (Phi) is 4.64. The Balaban J connectivity index is 1.89. The highest BCUT2D eigenvalue weighted by Crippen LogP contribution is 2.36. The lowest BCUT2D eigenvalue weighted by atomic mass is 9.97. The molecule has 0 bridgehead atoms. The van der Waals surface area contributed by atoms with E-state index in [1.807, 2.05) is 25.5 Å². The second-order valence-corrected chi connectivity index (χ2v) is 6.79. The summed E-state index contributed by atoms with van der Waals surface area (Å²) in [6.45, 7) is 5.85. The Hall–Kier alpha value is -1.15. The molecular weight excluding hydrogens is 276 g/mol. The van der Waals surface area contributed by atoms with Crippen LogP contribution in [0.4, 0.5) is 0 Å². The molecule has 0 saturated heterocycles. The lowest BCUT2D eigenvalue weighted by Gasteiger charge is -2.29. The van der Waals surface area contributed by atoms with E-state index in [-0.39, 0.29) is 11.9 Å². The molecule has 2 rings (SSSR count). The van der Waals surface area contributed by atoms with Crippen LogP contribution in [-0.2, 0) is 4.79 Å². The Morgan fingerprint density at radius 2 is 2.30 bits per heavy atom. The number of amides is 1. The summed E-state index contributed by atoms with van der Waals surface area (Å²) >= 11 is 1.57. The molecule has 0 aliphatic heterocycles. The molecule has 1 aliphatic carbocycles. The molecule has 1 amide bonds. The third kappa shape index (κ3) is 3.69. The number of nitrogens with zero attached hydrogens (tertiary/aromatic N) is 4. The number of rotatable bonds is 8. The number of carbonyl (C=O) groups excluding carboxylic acids is 1. The summed E-state index contributed by atoms with van der Waals surface area (Å²) in [5.74, 6) is 0.417. The van der Waals surface area contributed by atoms with E-state index in [4.69, 9.17) is 5.73 Å². The fraction of sp³-hybridized carbons (Fsp3) is 0.833. The Labute approximate surface area is 123 Å². The molecule has 1 saturated carbocycles. The first kappa shape index (κ1) is 15.2. The van der Waals surface area contributed by atoms with Gasteiger partial charge in [0.1, 0.15) is 0 Å². The highest BCUT2D eigenvalue weighted by molar-refractivity contribution is 7.99. The minimum absolute atomic E-state index is 0.203. The fourth-order valence-electron chi connectivity index (χ4n) is 2.08. The molecule has 112 valence electrons. The monoisotopic (exact) mass is 298 g/mol. The first-order valence-electron chi connectivity index (χ1n) is 6.90. The number of tetrazole rings is 1. The van der Waals surface area contributed by atoms with Gasteiger partial charge in [-0.15, -0.1) is 5.10 Å². The summed E-state index contributed by atoms with van der Waals surface area (Å²) in [5.41, 5.74) is 4.82. The van der Waals surface area contributed by atoms with Gasteiger partial charge in [0.25, 0.3) is 0 Å². The van der Waals surface area contributed by atoms with Gasteiger partial charge in [-0.2, -0.15) is 0 Å². The van der Waals surface area contributed by atoms with Gasteiger partial charge in [0, 0.05) is 11.8 Å². The van der Waals surface area contributed by atoms with Gasteiger partial charge in [-0.3, -0.25) is 4.79 Å². The Morgan fingerprint density at radius 3 is 2.85 bits per heavy atom. The molecule has 3 N–H and O–H groups in total. The zero-order valence-electron chi connectivity index (χ0n) is 12.2. The van der Waals surface area contributed by atoms with Crippen LogP contribution in [0.1, 0.15) is 46.1 Å². The smallest absolute Gasteiger partial charge is 0.237 e. The van der Waals surface area contributed by atoms with E-state index in [1.54, 1.807) is 11.8 Å². The van der Waals surface area contributed by atoms with Crippen LogP contribution in [0.3, 0.4) is 0 Å². The molecule has 8 heteroatoms. The molecule has 0 spiro atoms. The van der Waals surface area contributed by atoms with Crippen LogP contribution in [0.25, 0.3) is 0 Å². The number of thioether (sulfide) groups is 1. The van der Waals surface area contributed by atoms with Crippen molar-refractivity contribution in [1.82, 2.24) is 25.5 Å². The molecule has 1 unspecified atom stereocenters. The van der Waals surface area contributed by atoms with E-state index in [0.717, 1.165) is 23.8 Å². The lowest BCUT2D eigenvalue weighted by molar-refractivity contribution is -0.124. The molecule has 0 radical (unpaired) electrons. The predicted molar refractivity (Wildman–Crippen MR) is 77.3 cm³/mol. The van der Waals surface area contributed by atoms with Crippen LogP contribution < -0.4 is 11.1 Å². The lowest BCUT2D eigenvalue weighted by Crippen LogP contribution is -2.55. The number of nitrogens with one attached hydrogen (secondary N) is 1. The summed E-state index contributed by atoms with van der Waals surface area (Å²) in [7, 11) is 0. The van der Waals surface area contributed by atoms with Crippen molar-refractivity contribution in [3.05, 3.63) is 0 Å². The number of aromatic nitrogens is 4. The summed E-state index contributed by atoms with van der Waals surface area (Å²) < 4.78 is 1.88. The minimum Gasteiger partial charge on any atom is -0.368 e. The molecule has 1 aliphatic rings. The maximum absolute atomic E-state index is 11.6. The maximum Gasteiger partial charge on any atom is 0.237 e. The van der Waals surface area contributed by atoms with E-state index in [9.17, 15) is 4.79 Å². The third-order valence-electron chi connectivity index (χ3n) is 3.34. The van der Waals surface area contributed by atoms with Crippen LogP contribution in [-0.4, -0.2) is 43.4 Å². The third-order valence-corrected chi connectivity index (χ3v) is 4.27. The minimum atomic E-state index is -0.695. The summed E-state index contributed by atoms with van der Waals surface area (Å²) in [4.78, 5) is 11.6. The zero-order valence-corrected chi connectivity index (χ0v) is 13.0. The summed E-state index contributed by atoms with van der Waals surface area (Å²) in [5, 5.41) is 15.8. The Bertz CT molecular complexity index is 472. The van der Waals surface area contributed by atoms with Gasteiger partial charge in [0.15, 0.2) is 0 Å². The highest BCUT2D eigenvalue weighted by atomic mass is 32.2. The van der Waals surface area contributed by atoms with E-state index >= 15 is 0 Å². The van der Waals surface area contributed by atoms with Crippen molar-refractivity contribution >= 4 is 17.7 Å². The second kappa shape index (κ2) is 6.09. The highest BCUT2D eigenvalue weighted by Gasteiger charge is 2.32. The number of hydrogen-bond donors (Lipinski definition) is 2. The Morgan fingerprint density at radius 1 is 1.60 bits per heavy atom. The SMILES string of the molecule is CC(C)NC(C)(CCSc1nnnn1C1CC1)C(N)=O. The molecule has 7 nitrogen and oxygen atoms in total. The summed E-state index contributed by atoms with van der Waals surface area (Å²) in [6, 6.07) is 0.665. The van der Waals surface area contributed by atoms with Crippen LogP contribution >= 0.6 is 11.8 Å². The molecule has 1 heterocycles. The van der Waals surface area contributed by atoms with Crippen LogP contribution in [0.2, 0.25) is 0 Å². The standard InChI is InChI=1S/C12H22N6OS/c1-8(2)14-12(3,10(13)19)6-7-20-11-15-16-17-18(11)9-4-5-9/h8-9,14H,4-7H2,1-3H3,(H2,13,19). The van der Waals surface area contributed by atoms with Crippen molar-refractivity contribution in [3.8, 4) is 0 Å². The molecule has 20 heavy (non-hydrogen) atoms. The van der Waals surface area contributed by atoms with Gasteiger partial charge in [-0.1, -0.05) is 11.8 Å². The van der Waals surface area contributed by atoms with E-state index in [2.05, 4.69) is 20.8 Å². The van der Waals surface area contributed by atoms with Gasteiger partial charge in [-0.05, 0) is 50.5 Å². The first-order valence-corrected chi connectivity index (χ1v) is 7.89. The van der Waals surface area contributed by atoms with Crippen molar-refractivity contribution in [2.45, 2.75) is 62.8 Å². The molecule has 1 fully saturated rings. The van der Waals surface area contributed by atoms with Crippen molar-refractivity contribution in [2.75, 3.05) is 5.75 Å². The molecule has 1 atom stereocenters. The molecular formula is C12H22N6OS. The van der Waals surface area contributed by atoms with Gasteiger partial charge in [0.05, 0.1) is 11.6 Å².